The Morgan fingerprint density at radius 3 is 3.00 bits per heavy atom. The van der Waals surface area contributed by atoms with Crippen molar-refractivity contribution in [3.63, 3.8) is 0 Å². The van der Waals surface area contributed by atoms with Crippen LogP contribution in [0.1, 0.15) is 32.1 Å². The zero-order valence-corrected chi connectivity index (χ0v) is 9.63. The van der Waals surface area contributed by atoms with Gasteiger partial charge in [-0.15, -0.1) is 0 Å². The van der Waals surface area contributed by atoms with Crippen LogP contribution in [0.3, 0.4) is 0 Å². The van der Waals surface area contributed by atoms with Gasteiger partial charge in [-0.05, 0) is 44.7 Å². The van der Waals surface area contributed by atoms with E-state index >= 15 is 0 Å². The van der Waals surface area contributed by atoms with Crippen LogP contribution in [0, 0.1) is 5.92 Å². The van der Waals surface area contributed by atoms with Gasteiger partial charge in [0.15, 0.2) is 0 Å². The first-order chi connectivity index (χ1) is 7.45. The fourth-order valence-corrected chi connectivity index (χ4v) is 2.49. The van der Waals surface area contributed by atoms with Crippen LogP contribution < -0.4 is 10.6 Å². The molecule has 2 N–H and O–H groups in total. The van der Waals surface area contributed by atoms with E-state index in [1.807, 2.05) is 0 Å². The molecule has 0 spiro atoms. The average molecular weight is 212 g/mol. The Morgan fingerprint density at radius 1 is 1.27 bits per heavy atom. The molecule has 2 heterocycles. The number of nitrogens with one attached hydrogen (secondary N) is 2. The predicted octanol–water partition coefficient (Wildman–Crippen LogP) is 1.14. The molecule has 0 saturated carbocycles. The van der Waals surface area contributed by atoms with Gasteiger partial charge in [-0.3, -0.25) is 0 Å². The van der Waals surface area contributed by atoms with E-state index in [0.717, 1.165) is 38.3 Å². The summed E-state index contributed by atoms with van der Waals surface area (Å²) in [5.41, 5.74) is 0. The fourth-order valence-electron chi connectivity index (χ4n) is 2.49. The van der Waals surface area contributed by atoms with Gasteiger partial charge in [0, 0.05) is 25.8 Å². The molecule has 3 heteroatoms. The van der Waals surface area contributed by atoms with E-state index in [1.165, 1.54) is 38.6 Å². The van der Waals surface area contributed by atoms with Gasteiger partial charge in [-0.1, -0.05) is 6.42 Å². The van der Waals surface area contributed by atoms with Crippen molar-refractivity contribution < 1.29 is 4.74 Å². The van der Waals surface area contributed by atoms with Gasteiger partial charge in [0.05, 0.1) is 0 Å². The molecule has 88 valence electrons. The standard InChI is InChI=1S/C12H24N2O/c1-2-6-14-12(3-1)9-13-7-4-11-5-8-15-10-11/h11-14H,1-10H2. The number of hydrogen-bond donors (Lipinski definition) is 2. The minimum absolute atomic E-state index is 0.721. The second-order valence-electron chi connectivity index (χ2n) is 4.87. The summed E-state index contributed by atoms with van der Waals surface area (Å²) in [5, 5.41) is 7.12. The topological polar surface area (TPSA) is 33.3 Å². The molecule has 0 aromatic heterocycles. The van der Waals surface area contributed by atoms with Crippen LogP contribution in [-0.2, 0) is 4.74 Å². The number of piperidine rings is 1. The molecule has 0 bridgehead atoms. The molecule has 3 nitrogen and oxygen atoms in total. The number of rotatable bonds is 5. The molecule has 2 aliphatic rings. The molecule has 0 aromatic carbocycles. The van der Waals surface area contributed by atoms with E-state index in [0.29, 0.717) is 0 Å². The van der Waals surface area contributed by atoms with E-state index in [2.05, 4.69) is 10.6 Å². The van der Waals surface area contributed by atoms with E-state index < -0.39 is 0 Å². The smallest absolute Gasteiger partial charge is 0.0495 e. The molecular weight excluding hydrogens is 188 g/mol. The van der Waals surface area contributed by atoms with Crippen molar-refractivity contribution in [2.24, 2.45) is 5.92 Å². The number of hydrogen-bond acceptors (Lipinski definition) is 3. The Labute approximate surface area is 93.0 Å². The van der Waals surface area contributed by atoms with Crippen molar-refractivity contribution in [3.8, 4) is 0 Å². The van der Waals surface area contributed by atoms with E-state index in [-0.39, 0.29) is 0 Å². The van der Waals surface area contributed by atoms with Gasteiger partial charge in [-0.2, -0.15) is 0 Å². The Morgan fingerprint density at radius 2 is 2.27 bits per heavy atom. The molecular formula is C12H24N2O. The quantitative estimate of drug-likeness (QED) is 0.671. The van der Waals surface area contributed by atoms with Crippen LogP contribution in [0.15, 0.2) is 0 Å². The highest BCUT2D eigenvalue weighted by molar-refractivity contribution is 4.74. The third-order valence-corrected chi connectivity index (χ3v) is 3.56. The largest absolute Gasteiger partial charge is 0.381 e. The molecule has 0 aliphatic carbocycles. The summed E-state index contributed by atoms with van der Waals surface area (Å²) >= 11 is 0. The van der Waals surface area contributed by atoms with Gasteiger partial charge in [-0.25, -0.2) is 0 Å². The maximum Gasteiger partial charge on any atom is 0.0495 e. The molecule has 2 aliphatic heterocycles. The molecule has 2 fully saturated rings. The van der Waals surface area contributed by atoms with Crippen LogP contribution in [0.25, 0.3) is 0 Å². The highest BCUT2D eigenvalue weighted by Gasteiger charge is 2.15. The van der Waals surface area contributed by atoms with Crippen molar-refractivity contribution in [1.29, 1.82) is 0 Å². The number of ether oxygens (including phenoxy) is 1. The summed E-state index contributed by atoms with van der Waals surface area (Å²) in [5.74, 6) is 0.816. The summed E-state index contributed by atoms with van der Waals surface area (Å²) < 4.78 is 5.36. The van der Waals surface area contributed by atoms with Gasteiger partial charge < -0.3 is 15.4 Å². The van der Waals surface area contributed by atoms with Gasteiger partial charge >= 0.3 is 0 Å². The highest BCUT2D eigenvalue weighted by atomic mass is 16.5. The molecule has 2 saturated heterocycles. The Balaban J connectivity index is 1.47. The van der Waals surface area contributed by atoms with Crippen molar-refractivity contribution in [3.05, 3.63) is 0 Å². The van der Waals surface area contributed by atoms with E-state index in [1.54, 1.807) is 0 Å². The second kappa shape index (κ2) is 6.46. The summed E-state index contributed by atoms with van der Waals surface area (Å²) in [4.78, 5) is 0. The van der Waals surface area contributed by atoms with Gasteiger partial charge in [0.2, 0.25) is 0 Å². The predicted molar refractivity (Wildman–Crippen MR) is 62.1 cm³/mol. The van der Waals surface area contributed by atoms with Crippen LogP contribution in [-0.4, -0.2) is 38.9 Å². The minimum atomic E-state index is 0.721. The third-order valence-electron chi connectivity index (χ3n) is 3.56. The van der Waals surface area contributed by atoms with Crippen molar-refractivity contribution in [2.75, 3.05) is 32.8 Å². The molecule has 2 atom stereocenters. The first-order valence-corrected chi connectivity index (χ1v) is 6.47. The third kappa shape index (κ3) is 4.09. The highest BCUT2D eigenvalue weighted by Crippen LogP contribution is 2.15. The summed E-state index contributed by atoms with van der Waals surface area (Å²) in [6.45, 7) is 5.49. The van der Waals surface area contributed by atoms with Crippen molar-refractivity contribution >= 4 is 0 Å². The van der Waals surface area contributed by atoms with Gasteiger partial charge in [0.1, 0.15) is 0 Å². The molecule has 2 unspecified atom stereocenters. The van der Waals surface area contributed by atoms with Gasteiger partial charge in [0.25, 0.3) is 0 Å². The summed E-state index contributed by atoms with van der Waals surface area (Å²) in [7, 11) is 0. The van der Waals surface area contributed by atoms with Crippen LogP contribution in [0.2, 0.25) is 0 Å². The first-order valence-electron chi connectivity index (χ1n) is 6.47. The molecule has 15 heavy (non-hydrogen) atoms. The van der Waals surface area contributed by atoms with Crippen molar-refractivity contribution in [1.82, 2.24) is 10.6 Å². The maximum atomic E-state index is 5.36. The summed E-state index contributed by atoms with van der Waals surface area (Å²) in [6, 6.07) is 0.721. The zero-order chi connectivity index (χ0) is 10.3. The minimum Gasteiger partial charge on any atom is -0.381 e. The van der Waals surface area contributed by atoms with Crippen molar-refractivity contribution in [2.45, 2.75) is 38.1 Å². The average Bonchev–Trinajstić information content (AvgIpc) is 2.79. The molecule has 0 aromatic rings. The summed E-state index contributed by atoms with van der Waals surface area (Å²) in [6.07, 6.45) is 6.65. The lowest BCUT2D eigenvalue weighted by Gasteiger charge is -2.23. The Kier molecular flexibility index (Phi) is 4.90. The maximum absolute atomic E-state index is 5.36. The zero-order valence-electron chi connectivity index (χ0n) is 9.63. The second-order valence-corrected chi connectivity index (χ2v) is 4.87. The lowest BCUT2D eigenvalue weighted by molar-refractivity contribution is 0.184. The van der Waals surface area contributed by atoms with Crippen LogP contribution in [0.5, 0.6) is 0 Å². The molecule has 0 amide bonds. The molecule has 2 rings (SSSR count). The lowest BCUT2D eigenvalue weighted by atomic mass is 10.0. The van der Waals surface area contributed by atoms with E-state index in [9.17, 15) is 0 Å². The van der Waals surface area contributed by atoms with E-state index in [4.69, 9.17) is 4.74 Å². The van der Waals surface area contributed by atoms with Crippen LogP contribution >= 0.6 is 0 Å². The monoisotopic (exact) mass is 212 g/mol. The van der Waals surface area contributed by atoms with Crippen LogP contribution in [0.4, 0.5) is 0 Å². The Hall–Kier alpha value is -0.120. The Bertz CT molecular complexity index is 163. The fraction of sp³-hybridized carbons (Fsp3) is 1.00. The first kappa shape index (κ1) is 11.4. The SMILES string of the molecule is C1CCC(CNCCC2CCOC2)NC1. The lowest BCUT2D eigenvalue weighted by Crippen LogP contribution is -2.42. The normalized spacial score (nSPS) is 32.0. The molecule has 0 radical (unpaired) electrons.